The van der Waals surface area contributed by atoms with Crippen molar-refractivity contribution in [2.45, 2.75) is 52.1 Å². The lowest BCUT2D eigenvalue weighted by atomic mass is 9.97. The molecule has 4 nitrogen and oxygen atoms in total. The monoisotopic (exact) mass is 312 g/mol. The van der Waals surface area contributed by atoms with Crippen molar-refractivity contribution in [1.82, 2.24) is 15.5 Å². The lowest BCUT2D eigenvalue weighted by molar-refractivity contribution is 0.362. The second-order valence-electron chi connectivity index (χ2n) is 7.18. The first-order valence-corrected chi connectivity index (χ1v) is 7.94. The van der Waals surface area contributed by atoms with Crippen LogP contribution in [-0.4, -0.2) is 22.3 Å². The summed E-state index contributed by atoms with van der Waals surface area (Å²) < 4.78 is 0. The van der Waals surface area contributed by atoms with Crippen molar-refractivity contribution in [3.05, 3.63) is 60.9 Å². The first-order chi connectivity index (χ1) is 10.6. The third-order valence-electron chi connectivity index (χ3n) is 3.98. The molecule has 1 atom stereocenters. The van der Waals surface area contributed by atoms with Gasteiger partial charge in [-0.3, -0.25) is 0 Å². The van der Waals surface area contributed by atoms with E-state index in [0.717, 1.165) is 47.0 Å². The molecule has 0 aromatic carbocycles. The third-order valence-corrected chi connectivity index (χ3v) is 3.98. The van der Waals surface area contributed by atoms with Crippen molar-refractivity contribution in [2.24, 2.45) is 4.99 Å². The quantitative estimate of drug-likeness (QED) is 0.815. The van der Waals surface area contributed by atoms with Crippen LogP contribution in [0.5, 0.6) is 0 Å². The van der Waals surface area contributed by atoms with E-state index in [1.54, 1.807) is 0 Å². The first kappa shape index (κ1) is 17.1. The Bertz CT molecular complexity index is 628. The van der Waals surface area contributed by atoms with Crippen LogP contribution < -0.4 is 10.6 Å². The van der Waals surface area contributed by atoms with Gasteiger partial charge in [0.2, 0.25) is 0 Å². The maximum absolute atomic E-state index is 4.61. The van der Waals surface area contributed by atoms with E-state index in [-0.39, 0.29) is 11.6 Å². The molecule has 23 heavy (non-hydrogen) atoms. The number of hydrogen-bond donors (Lipinski definition) is 2. The van der Waals surface area contributed by atoms with Gasteiger partial charge in [0.1, 0.15) is 5.84 Å². The molecule has 4 heteroatoms. The standard InChI is InChI=1S/C19H28N4/c1-12-9-10-18(14(3)21-12)23-15(4)17(11-20-19(6,7)8)13(2)22-16(23)5/h11,18,20-21H,1-4,9-10H2,5-8H3/b17-11+. The smallest absolute Gasteiger partial charge is 0.107 e. The van der Waals surface area contributed by atoms with Gasteiger partial charge in [-0.15, -0.1) is 0 Å². The Morgan fingerprint density at radius 2 is 1.91 bits per heavy atom. The molecule has 2 rings (SSSR count). The highest BCUT2D eigenvalue weighted by atomic mass is 15.3. The molecule has 0 amide bonds. The second-order valence-corrected chi connectivity index (χ2v) is 7.18. The summed E-state index contributed by atoms with van der Waals surface area (Å²) in [5.74, 6) is 0.897. The Morgan fingerprint density at radius 1 is 1.26 bits per heavy atom. The van der Waals surface area contributed by atoms with Crippen LogP contribution in [0.15, 0.2) is 65.9 Å². The lowest BCUT2D eigenvalue weighted by Gasteiger charge is -2.41. The maximum Gasteiger partial charge on any atom is 0.107 e. The van der Waals surface area contributed by atoms with Crippen molar-refractivity contribution in [1.29, 1.82) is 0 Å². The molecule has 0 aromatic rings. The summed E-state index contributed by atoms with van der Waals surface area (Å²) in [7, 11) is 0. The zero-order chi connectivity index (χ0) is 17.4. The van der Waals surface area contributed by atoms with Crippen LogP contribution >= 0.6 is 0 Å². The van der Waals surface area contributed by atoms with Gasteiger partial charge in [-0.05, 0) is 40.5 Å². The molecule has 2 aliphatic heterocycles. The normalized spacial score (nSPS) is 24.7. The fraction of sp³-hybridized carbons (Fsp3) is 0.421. The van der Waals surface area contributed by atoms with Crippen molar-refractivity contribution in [2.75, 3.05) is 0 Å². The number of nitrogens with one attached hydrogen (secondary N) is 2. The molecule has 2 N–H and O–H groups in total. The number of aliphatic imine (C=N–C) groups is 1. The van der Waals surface area contributed by atoms with E-state index in [2.05, 4.69) is 67.6 Å². The van der Waals surface area contributed by atoms with Gasteiger partial charge < -0.3 is 15.5 Å². The largest absolute Gasteiger partial charge is 0.386 e. The average Bonchev–Trinajstić information content (AvgIpc) is 2.39. The van der Waals surface area contributed by atoms with Crippen LogP contribution in [0, 0.1) is 0 Å². The van der Waals surface area contributed by atoms with Gasteiger partial charge in [-0.2, -0.15) is 0 Å². The molecule has 0 spiro atoms. The Kier molecular flexibility index (Phi) is 4.55. The molecule has 1 unspecified atom stereocenters. The fourth-order valence-electron chi connectivity index (χ4n) is 2.81. The zero-order valence-electron chi connectivity index (χ0n) is 14.8. The van der Waals surface area contributed by atoms with E-state index < -0.39 is 0 Å². The van der Waals surface area contributed by atoms with E-state index in [4.69, 9.17) is 0 Å². The minimum atomic E-state index is -0.0255. The van der Waals surface area contributed by atoms with E-state index in [1.807, 2.05) is 13.1 Å². The number of rotatable bonds is 2. The zero-order valence-corrected chi connectivity index (χ0v) is 14.8. The summed E-state index contributed by atoms with van der Waals surface area (Å²) in [6.07, 6.45) is 3.83. The van der Waals surface area contributed by atoms with Crippen molar-refractivity contribution >= 4 is 5.84 Å². The number of piperidine rings is 1. The van der Waals surface area contributed by atoms with Gasteiger partial charge in [0.05, 0.1) is 11.7 Å². The van der Waals surface area contributed by atoms with Crippen LogP contribution in [0.1, 0.15) is 40.5 Å². The average molecular weight is 312 g/mol. The second kappa shape index (κ2) is 6.11. The van der Waals surface area contributed by atoms with E-state index >= 15 is 0 Å². The minimum Gasteiger partial charge on any atom is -0.386 e. The van der Waals surface area contributed by atoms with Crippen molar-refractivity contribution in [3.63, 3.8) is 0 Å². The Labute approximate surface area is 140 Å². The SMILES string of the molecule is C=C1CCC(N2C(=C)/C(=C/NC(C)(C)C)C(=C)N=C2C)C(=C)N1. The van der Waals surface area contributed by atoms with Gasteiger partial charge in [0, 0.05) is 34.4 Å². The topological polar surface area (TPSA) is 39.7 Å². The van der Waals surface area contributed by atoms with E-state index in [1.165, 1.54) is 0 Å². The fourth-order valence-corrected chi connectivity index (χ4v) is 2.81. The van der Waals surface area contributed by atoms with E-state index in [9.17, 15) is 0 Å². The van der Waals surface area contributed by atoms with Crippen LogP contribution in [0.4, 0.5) is 0 Å². The number of nitrogens with zero attached hydrogens (tertiary/aromatic N) is 2. The third kappa shape index (κ3) is 3.76. The highest BCUT2D eigenvalue weighted by molar-refractivity contribution is 5.87. The Hall–Kier alpha value is -2.23. The summed E-state index contributed by atoms with van der Waals surface area (Å²) in [6.45, 7) is 24.8. The summed E-state index contributed by atoms with van der Waals surface area (Å²) in [5.41, 5.74) is 4.50. The van der Waals surface area contributed by atoms with Crippen molar-refractivity contribution in [3.8, 4) is 0 Å². The number of allylic oxidation sites excluding steroid dienone is 1. The van der Waals surface area contributed by atoms with Gasteiger partial charge in [-0.25, -0.2) is 4.99 Å². The van der Waals surface area contributed by atoms with Crippen LogP contribution in [0.2, 0.25) is 0 Å². The molecule has 1 fully saturated rings. The summed E-state index contributed by atoms with van der Waals surface area (Å²) in [4.78, 5) is 6.76. The van der Waals surface area contributed by atoms with Gasteiger partial charge in [0.15, 0.2) is 0 Å². The first-order valence-electron chi connectivity index (χ1n) is 7.94. The van der Waals surface area contributed by atoms with Crippen molar-refractivity contribution < 1.29 is 0 Å². The molecule has 0 radical (unpaired) electrons. The highest BCUT2D eigenvalue weighted by Crippen LogP contribution is 2.33. The molecular weight excluding hydrogens is 284 g/mol. The highest BCUT2D eigenvalue weighted by Gasteiger charge is 2.32. The molecule has 124 valence electrons. The Morgan fingerprint density at radius 3 is 2.48 bits per heavy atom. The maximum atomic E-state index is 4.61. The number of hydrogen-bond acceptors (Lipinski definition) is 4. The number of amidine groups is 1. The molecule has 0 aromatic heterocycles. The van der Waals surface area contributed by atoms with Crippen LogP contribution in [0.25, 0.3) is 0 Å². The predicted octanol–water partition coefficient (Wildman–Crippen LogP) is 3.80. The molecule has 0 saturated carbocycles. The van der Waals surface area contributed by atoms with Crippen LogP contribution in [0.3, 0.4) is 0 Å². The molecule has 1 saturated heterocycles. The minimum absolute atomic E-state index is 0.0255. The van der Waals surface area contributed by atoms with Crippen LogP contribution in [-0.2, 0) is 0 Å². The molecule has 0 bridgehead atoms. The van der Waals surface area contributed by atoms with Gasteiger partial charge in [-0.1, -0.05) is 26.3 Å². The van der Waals surface area contributed by atoms with Gasteiger partial charge >= 0.3 is 0 Å². The summed E-state index contributed by atoms with van der Waals surface area (Å²) >= 11 is 0. The Balaban J connectivity index is 2.32. The van der Waals surface area contributed by atoms with E-state index in [0.29, 0.717) is 0 Å². The predicted molar refractivity (Wildman–Crippen MR) is 98.6 cm³/mol. The summed E-state index contributed by atoms with van der Waals surface area (Å²) in [5, 5.41) is 6.64. The molecule has 2 aliphatic rings. The summed E-state index contributed by atoms with van der Waals surface area (Å²) in [6, 6.07) is 0.128. The molecule has 0 aliphatic carbocycles. The molecular formula is C19H28N4. The molecule has 2 heterocycles. The lowest BCUT2D eigenvalue weighted by Crippen LogP contribution is -2.46. The van der Waals surface area contributed by atoms with Gasteiger partial charge in [0.25, 0.3) is 0 Å².